The average Bonchev–Trinajstić information content (AvgIpc) is 3.05. The van der Waals surface area contributed by atoms with Gasteiger partial charge in [0.05, 0.1) is 12.5 Å². The van der Waals surface area contributed by atoms with Gasteiger partial charge in [0.1, 0.15) is 17.7 Å². The molecule has 1 aromatic rings. The summed E-state index contributed by atoms with van der Waals surface area (Å²) in [6, 6.07) is -0.602. The van der Waals surface area contributed by atoms with Crippen molar-refractivity contribution in [2.75, 3.05) is 18.1 Å². The number of imidazole rings is 1. The minimum absolute atomic E-state index is 0.258. The number of nitrogens with zero attached hydrogens (tertiary/aromatic N) is 3. The van der Waals surface area contributed by atoms with Gasteiger partial charge in [0.15, 0.2) is 0 Å². The molecule has 0 spiro atoms. The standard InChI is InChI=1S/C13H20N4O3S/c1-21(19,20)17-8-4-5-10(17)13(18)15-12-9-14-11-6-2-3-7-16(11)12/h9-10H,2-8H2,1H3,(H,15,18)/t10-/m0/s1. The zero-order chi connectivity index (χ0) is 15.0. The normalized spacial score (nSPS) is 23.0. The Morgan fingerprint density at radius 1 is 1.33 bits per heavy atom. The third-order valence-electron chi connectivity index (χ3n) is 4.15. The van der Waals surface area contributed by atoms with Gasteiger partial charge in [-0.05, 0) is 25.7 Å². The van der Waals surface area contributed by atoms with E-state index in [4.69, 9.17) is 0 Å². The molecule has 1 N–H and O–H groups in total. The molecule has 0 aromatic carbocycles. The van der Waals surface area contributed by atoms with Gasteiger partial charge in [-0.3, -0.25) is 4.79 Å². The van der Waals surface area contributed by atoms with Crippen LogP contribution in [0.25, 0.3) is 0 Å². The van der Waals surface area contributed by atoms with Crippen LogP contribution in [-0.2, 0) is 27.8 Å². The van der Waals surface area contributed by atoms with E-state index < -0.39 is 16.1 Å². The molecule has 21 heavy (non-hydrogen) atoms. The minimum atomic E-state index is -3.34. The molecule has 0 radical (unpaired) electrons. The maximum absolute atomic E-state index is 12.4. The first-order chi connectivity index (χ1) is 9.97. The molecule has 0 saturated carbocycles. The van der Waals surface area contributed by atoms with E-state index in [-0.39, 0.29) is 5.91 Å². The van der Waals surface area contributed by atoms with Crippen LogP contribution in [-0.4, -0.2) is 47.0 Å². The summed E-state index contributed by atoms with van der Waals surface area (Å²) < 4.78 is 26.7. The van der Waals surface area contributed by atoms with Gasteiger partial charge in [0.25, 0.3) is 0 Å². The van der Waals surface area contributed by atoms with Crippen LogP contribution in [0.15, 0.2) is 6.20 Å². The molecule has 8 heteroatoms. The summed E-state index contributed by atoms with van der Waals surface area (Å²) in [5.74, 6) is 1.41. The number of rotatable bonds is 3. The number of hydrogen-bond acceptors (Lipinski definition) is 4. The predicted octanol–water partition coefficient (Wildman–Crippen LogP) is 0.582. The number of carbonyl (C=O) groups is 1. The third-order valence-corrected chi connectivity index (χ3v) is 5.44. The fourth-order valence-corrected chi connectivity index (χ4v) is 4.25. The molecule has 1 saturated heterocycles. The van der Waals surface area contributed by atoms with Crippen molar-refractivity contribution in [1.29, 1.82) is 0 Å². The van der Waals surface area contributed by atoms with Crippen LogP contribution in [0.2, 0.25) is 0 Å². The zero-order valence-corrected chi connectivity index (χ0v) is 12.9. The molecule has 2 aliphatic rings. The van der Waals surface area contributed by atoms with Crippen LogP contribution in [0.4, 0.5) is 5.82 Å². The summed E-state index contributed by atoms with van der Waals surface area (Å²) in [5, 5.41) is 2.85. The second kappa shape index (κ2) is 5.42. The second-order valence-corrected chi connectivity index (χ2v) is 7.62. The van der Waals surface area contributed by atoms with E-state index in [9.17, 15) is 13.2 Å². The molecule has 0 unspecified atom stereocenters. The molecule has 3 heterocycles. The molecule has 0 bridgehead atoms. The molecule has 0 aliphatic carbocycles. The molecule has 1 fully saturated rings. The van der Waals surface area contributed by atoms with Gasteiger partial charge in [-0.15, -0.1) is 0 Å². The fraction of sp³-hybridized carbons (Fsp3) is 0.692. The Morgan fingerprint density at radius 3 is 2.90 bits per heavy atom. The van der Waals surface area contributed by atoms with E-state index in [1.807, 2.05) is 4.57 Å². The number of nitrogens with one attached hydrogen (secondary N) is 1. The van der Waals surface area contributed by atoms with Gasteiger partial charge >= 0.3 is 0 Å². The topological polar surface area (TPSA) is 84.3 Å². The lowest BCUT2D eigenvalue weighted by Gasteiger charge is -2.22. The maximum Gasteiger partial charge on any atom is 0.243 e. The van der Waals surface area contributed by atoms with Crippen LogP contribution in [0, 0.1) is 0 Å². The second-order valence-electron chi connectivity index (χ2n) is 5.69. The van der Waals surface area contributed by atoms with E-state index >= 15 is 0 Å². The van der Waals surface area contributed by atoms with Crippen molar-refractivity contribution >= 4 is 21.7 Å². The van der Waals surface area contributed by atoms with E-state index in [0.29, 0.717) is 18.8 Å². The molecular formula is C13H20N4O3S. The molecule has 3 rings (SSSR count). The van der Waals surface area contributed by atoms with Crippen molar-refractivity contribution in [1.82, 2.24) is 13.9 Å². The van der Waals surface area contributed by atoms with Crippen molar-refractivity contribution in [3.8, 4) is 0 Å². The van der Waals surface area contributed by atoms with E-state index in [0.717, 1.165) is 44.3 Å². The highest BCUT2D eigenvalue weighted by atomic mass is 32.2. The number of amides is 1. The van der Waals surface area contributed by atoms with Gasteiger partial charge < -0.3 is 9.88 Å². The monoisotopic (exact) mass is 312 g/mol. The molecule has 1 amide bonds. The fourth-order valence-electron chi connectivity index (χ4n) is 3.12. The van der Waals surface area contributed by atoms with Gasteiger partial charge in [0.2, 0.25) is 15.9 Å². The van der Waals surface area contributed by atoms with Gasteiger partial charge in [-0.2, -0.15) is 4.31 Å². The van der Waals surface area contributed by atoms with Crippen LogP contribution < -0.4 is 5.32 Å². The Labute approximate surface area is 124 Å². The third kappa shape index (κ3) is 2.82. The lowest BCUT2D eigenvalue weighted by Crippen LogP contribution is -2.42. The van der Waals surface area contributed by atoms with Crippen molar-refractivity contribution in [3.63, 3.8) is 0 Å². The molecule has 1 atom stereocenters. The number of carbonyl (C=O) groups excluding carboxylic acids is 1. The highest BCUT2D eigenvalue weighted by molar-refractivity contribution is 7.88. The smallest absolute Gasteiger partial charge is 0.243 e. The van der Waals surface area contributed by atoms with Crippen LogP contribution in [0.5, 0.6) is 0 Å². The summed E-state index contributed by atoms with van der Waals surface area (Å²) in [5.41, 5.74) is 0. The number of aryl methyl sites for hydroxylation is 1. The van der Waals surface area contributed by atoms with E-state index in [1.165, 1.54) is 4.31 Å². The summed E-state index contributed by atoms with van der Waals surface area (Å²) in [4.78, 5) is 16.7. The van der Waals surface area contributed by atoms with Gasteiger partial charge in [-0.1, -0.05) is 0 Å². The van der Waals surface area contributed by atoms with Crippen LogP contribution in [0.1, 0.15) is 31.5 Å². The maximum atomic E-state index is 12.4. The summed E-state index contributed by atoms with van der Waals surface area (Å²) in [6.07, 6.45) is 7.22. The van der Waals surface area contributed by atoms with E-state index in [1.54, 1.807) is 6.20 Å². The van der Waals surface area contributed by atoms with Crippen LogP contribution >= 0.6 is 0 Å². The van der Waals surface area contributed by atoms with Crippen LogP contribution in [0.3, 0.4) is 0 Å². The first-order valence-electron chi connectivity index (χ1n) is 7.29. The molecule has 7 nitrogen and oxygen atoms in total. The summed E-state index contributed by atoms with van der Waals surface area (Å²) in [6.45, 7) is 1.27. The summed E-state index contributed by atoms with van der Waals surface area (Å²) in [7, 11) is -3.34. The number of aromatic nitrogens is 2. The molecule has 1 aromatic heterocycles. The number of hydrogen-bond donors (Lipinski definition) is 1. The first kappa shape index (κ1) is 14.5. The predicted molar refractivity (Wildman–Crippen MR) is 78.4 cm³/mol. The highest BCUT2D eigenvalue weighted by Gasteiger charge is 2.36. The SMILES string of the molecule is CS(=O)(=O)N1CCC[C@H]1C(=O)Nc1cnc2n1CCCC2. The number of fused-ring (bicyclic) bond motifs is 1. The van der Waals surface area contributed by atoms with Gasteiger partial charge in [-0.25, -0.2) is 13.4 Å². The Morgan fingerprint density at radius 2 is 2.14 bits per heavy atom. The molecule has 116 valence electrons. The first-order valence-corrected chi connectivity index (χ1v) is 9.14. The quantitative estimate of drug-likeness (QED) is 0.885. The lowest BCUT2D eigenvalue weighted by molar-refractivity contribution is -0.119. The molecular weight excluding hydrogens is 292 g/mol. The van der Waals surface area contributed by atoms with Crippen molar-refractivity contribution in [3.05, 3.63) is 12.0 Å². The Balaban J connectivity index is 1.76. The Kier molecular flexibility index (Phi) is 3.75. The largest absolute Gasteiger partial charge is 0.315 e. The molecule has 2 aliphatic heterocycles. The highest BCUT2D eigenvalue weighted by Crippen LogP contribution is 2.23. The average molecular weight is 312 g/mol. The Hall–Kier alpha value is -1.41. The minimum Gasteiger partial charge on any atom is -0.315 e. The van der Waals surface area contributed by atoms with Gasteiger partial charge in [0, 0.05) is 19.5 Å². The van der Waals surface area contributed by atoms with Crippen molar-refractivity contribution in [2.24, 2.45) is 0 Å². The number of anilines is 1. The zero-order valence-electron chi connectivity index (χ0n) is 12.1. The number of sulfonamides is 1. The van der Waals surface area contributed by atoms with E-state index in [2.05, 4.69) is 10.3 Å². The Bertz CT molecular complexity index is 652. The van der Waals surface area contributed by atoms with Crippen molar-refractivity contribution in [2.45, 2.75) is 44.7 Å². The van der Waals surface area contributed by atoms with Crippen molar-refractivity contribution < 1.29 is 13.2 Å². The lowest BCUT2D eigenvalue weighted by atomic mass is 10.2. The summed E-state index contributed by atoms with van der Waals surface area (Å²) >= 11 is 0.